The van der Waals surface area contributed by atoms with Crippen molar-refractivity contribution < 1.29 is 13.9 Å². The van der Waals surface area contributed by atoms with Crippen molar-refractivity contribution in [2.24, 2.45) is 0 Å². The summed E-state index contributed by atoms with van der Waals surface area (Å²) in [6.45, 7) is 9.54. The number of hydrogen-bond donors (Lipinski definition) is 0. The van der Waals surface area contributed by atoms with Crippen molar-refractivity contribution >= 4 is 34.8 Å². The van der Waals surface area contributed by atoms with Crippen molar-refractivity contribution in [3.05, 3.63) is 22.7 Å². The van der Waals surface area contributed by atoms with Gasteiger partial charge in [-0.2, -0.15) is 4.98 Å². The van der Waals surface area contributed by atoms with Crippen molar-refractivity contribution in [2.75, 3.05) is 24.5 Å². The number of amides is 1. The van der Waals surface area contributed by atoms with Crippen molar-refractivity contribution in [2.45, 2.75) is 70.9 Å². The zero-order valence-corrected chi connectivity index (χ0v) is 18.5. The number of rotatable bonds is 2. The van der Waals surface area contributed by atoms with Gasteiger partial charge in [0.05, 0.1) is 0 Å². The van der Waals surface area contributed by atoms with Crippen LogP contribution in [0, 0.1) is 0 Å². The van der Waals surface area contributed by atoms with Crippen LogP contribution < -0.4 is 4.90 Å². The first-order valence-corrected chi connectivity index (χ1v) is 10.9. The first-order valence-electron chi connectivity index (χ1n) is 10.6. The minimum Gasteiger partial charge on any atom is -0.444 e. The number of carbonyl (C=O) groups is 1. The molecule has 2 aromatic rings. The maximum absolute atomic E-state index is 12.4. The van der Waals surface area contributed by atoms with Crippen LogP contribution in [0.2, 0.25) is 5.02 Å². The lowest BCUT2D eigenvalue weighted by Crippen LogP contribution is -2.54. The van der Waals surface area contributed by atoms with Crippen LogP contribution in [0.25, 0.3) is 11.1 Å². The molecular weight excluding hydrogens is 390 g/mol. The minimum atomic E-state index is -0.492. The summed E-state index contributed by atoms with van der Waals surface area (Å²) in [6, 6.07) is 4.61. The highest BCUT2D eigenvalue weighted by Gasteiger charge is 2.32. The maximum atomic E-state index is 12.4. The predicted octanol–water partition coefficient (Wildman–Crippen LogP) is 5.58. The fourth-order valence-electron chi connectivity index (χ4n) is 4.41. The first-order chi connectivity index (χ1) is 13.7. The fourth-order valence-corrected chi connectivity index (χ4v) is 4.63. The van der Waals surface area contributed by atoms with E-state index in [1.165, 1.54) is 31.2 Å². The van der Waals surface area contributed by atoms with E-state index < -0.39 is 5.60 Å². The number of ether oxygens (including phenoxy) is 1. The molecule has 2 fully saturated rings. The van der Waals surface area contributed by atoms with Crippen LogP contribution >= 0.6 is 11.6 Å². The van der Waals surface area contributed by atoms with Gasteiger partial charge >= 0.3 is 6.09 Å². The number of oxazole rings is 1. The van der Waals surface area contributed by atoms with Gasteiger partial charge in [0.2, 0.25) is 0 Å². The normalized spacial score (nSPS) is 21.2. The second-order valence-electron chi connectivity index (χ2n) is 9.29. The van der Waals surface area contributed by atoms with Crippen molar-refractivity contribution in [3.63, 3.8) is 0 Å². The van der Waals surface area contributed by atoms with E-state index in [0.29, 0.717) is 36.6 Å². The molecule has 2 aliphatic rings. The third-order valence-electron chi connectivity index (χ3n) is 5.79. The topological polar surface area (TPSA) is 58.8 Å². The van der Waals surface area contributed by atoms with Crippen molar-refractivity contribution in [3.8, 4) is 0 Å². The summed E-state index contributed by atoms with van der Waals surface area (Å²) in [5, 5.41) is 0.710. The van der Waals surface area contributed by atoms with Crippen molar-refractivity contribution in [1.29, 1.82) is 0 Å². The molecule has 6 nitrogen and oxygen atoms in total. The molecule has 1 amide bonds. The van der Waals surface area contributed by atoms with Crippen LogP contribution in [-0.4, -0.2) is 47.3 Å². The molecule has 0 radical (unpaired) electrons. The zero-order chi connectivity index (χ0) is 20.8. The molecule has 1 aromatic heterocycles. The monoisotopic (exact) mass is 419 g/mol. The Hall–Kier alpha value is -1.95. The number of anilines is 1. The van der Waals surface area contributed by atoms with E-state index in [2.05, 4.69) is 11.8 Å². The Balaban J connectivity index is 1.55. The number of hydrogen-bond acceptors (Lipinski definition) is 5. The van der Waals surface area contributed by atoms with Gasteiger partial charge in [-0.05, 0) is 58.6 Å². The van der Waals surface area contributed by atoms with Crippen LogP contribution in [0.4, 0.5) is 10.8 Å². The van der Waals surface area contributed by atoms with E-state index in [4.69, 9.17) is 25.7 Å². The van der Waals surface area contributed by atoms with Gasteiger partial charge in [0.1, 0.15) is 11.1 Å². The third kappa shape index (κ3) is 4.32. The van der Waals surface area contributed by atoms with E-state index in [-0.39, 0.29) is 12.1 Å². The Labute approximate surface area is 177 Å². The molecule has 1 saturated carbocycles. The molecular formula is C22H30ClN3O3. The molecule has 2 heterocycles. The highest BCUT2D eigenvalue weighted by molar-refractivity contribution is 6.31. The van der Waals surface area contributed by atoms with Gasteiger partial charge in [-0.1, -0.05) is 24.4 Å². The number of halogens is 1. The molecule has 1 aromatic carbocycles. The molecule has 0 N–H and O–H groups in total. The third-order valence-corrected chi connectivity index (χ3v) is 6.01. The number of carbonyl (C=O) groups excluding carboxylic acids is 1. The average molecular weight is 420 g/mol. The second kappa shape index (κ2) is 7.71. The molecule has 1 aliphatic heterocycles. The van der Waals surface area contributed by atoms with E-state index in [1.807, 2.05) is 32.9 Å². The maximum Gasteiger partial charge on any atom is 0.410 e. The summed E-state index contributed by atoms with van der Waals surface area (Å²) < 4.78 is 11.8. The van der Waals surface area contributed by atoms with Gasteiger partial charge in [-0.3, -0.25) is 0 Å². The summed E-state index contributed by atoms with van der Waals surface area (Å²) >= 11 is 6.38. The van der Waals surface area contributed by atoms with Crippen LogP contribution in [0.5, 0.6) is 0 Å². The van der Waals surface area contributed by atoms with Crippen molar-refractivity contribution in [1.82, 2.24) is 9.88 Å². The van der Waals surface area contributed by atoms with Gasteiger partial charge in [-0.15, -0.1) is 0 Å². The molecule has 0 bridgehead atoms. The van der Waals surface area contributed by atoms with Gasteiger partial charge in [0, 0.05) is 36.3 Å². The number of nitrogens with zero attached hydrogens (tertiary/aromatic N) is 3. The Morgan fingerprint density at radius 2 is 1.97 bits per heavy atom. The van der Waals surface area contributed by atoms with Gasteiger partial charge < -0.3 is 19.0 Å². The van der Waals surface area contributed by atoms with E-state index >= 15 is 0 Å². The number of piperazine rings is 1. The Morgan fingerprint density at radius 3 is 2.62 bits per heavy atom. The zero-order valence-electron chi connectivity index (χ0n) is 17.7. The smallest absolute Gasteiger partial charge is 0.410 e. The first kappa shape index (κ1) is 20.3. The number of benzene rings is 1. The van der Waals surface area contributed by atoms with Crippen LogP contribution in [0.3, 0.4) is 0 Å². The van der Waals surface area contributed by atoms with Gasteiger partial charge in [0.15, 0.2) is 5.58 Å². The second-order valence-corrected chi connectivity index (χ2v) is 9.73. The van der Waals surface area contributed by atoms with Crippen LogP contribution in [0.15, 0.2) is 16.5 Å². The highest BCUT2D eigenvalue weighted by atomic mass is 35.5. The van der Waals surface area contributed by atoms with Gasteiger partial charge in [0.25, 0.3) is 6.01 Å². The van der Waals surface area contributed by atoms with E-state index in [9.17, 15) is 4.79 Å². The number of fused-ring (bicyclic) bond motifs is 1. The van der Waals surface area contributed by atoms with Gasteiger partial charge in [-0.25, -0.2) is 4.79 Å². The molecule has 29 heavy (non-hydrogen) atoms. The summed E-state index contributed by atoms with van der Waals surface area (Å²) in [5.41, 5.74) is 2.37. The standard InChI is InChI=1S/C22H30ClN3O3/c1-14-13-25(21(27)29-22(2,3)4)9-10-26(14)20-24-18-12-16(23)11-17(19(18)28-20)15-7-5-6-8-15/h11-12,14-15H,5-10,13H2,1-4H3. The molecule has 158 valence electrons. The van der Waals surface area contributed by atoms with Crippen LogP contribution in [-0.2, 0) is 4.74 Å². The Kier molecular flexibility index (Phi) is 5.40. The summed E-state index contributed by atoms with van der Waals surface area (Å²) in [4.78, 5) is 21.0. The average Bonchev–Trinajstić information content (AvgIpc) is 3.29. The quantitative estimate of drug-likeness (QED) is 0.635. The van der Waals surface area contributed by atoms with E-state index in [0.717, 1.165) is 11.1 Å². The largest absolute Gasteiger partial charge is 0.444 e. The summed E-state index contributed by atoms with van der Waals surface area (Å²) in [7, 11) is 0. The molecule has 1 unspecified atom stereocenters. The SMILES string of the molecule is CC1CN(C(=O)OC(C)(C)C)CCN1c1nc2cc(Cl)cc(C3CCCC3)c2o1. The Morgan fingerprint density at radius 1 is 1.24 bits per heavy atom. The van der Waals surface area contributed by atoms with Crippen LogP contribution in [0.1, 0.15) is 64.9 Å². The highest BCUT2D eigenvalue weighted by Crippen LogP contribution is 2.40. The molecule has 1 saturated heterocycles. The molecule has 1 atom stereocenters. The Bertz CT molecular complexity index is 899. The van der Waals surface area contributed by atoms with E-state index in [1.54, 1.807) is 4.90 Å². The fraction of sp³-hybridized carbons (Fsp3) is 0.636. The predicted molar refractivity (Wildman–Crippen MR) is 115 cm³/mol. The molecule has 7 heteroatoms. The lowest BCUT2D eigenvalue weighted by Gasteiger charge is -2.39. The lowest BCUT2D eigenvalue weighted by molar-refractivity contribution is 0.0216. The molecule has 0 spiro atoms. The molecule has 1 aliphatic carbocycles. The lowest BCUT2D eigenvalue weighted by atomic mass is 9.97. The summed E-state index contributed by atoms with van der Waals surface area (Å²) in [5.74, 6) is 0.499. The number of aromatic nitrogens is 1. The molecule has 4 rings (SSSR count). The minimum absolute atomic E-state index is 0.0785. The summed E-state index contributed by atoms with van der Waals surface area (Å²) in [6.07, 6.45) is 4.59.